The summed E-state index contributed by atoms with van der Waals surface area (Å²) < 4.78 is 40.2. The number of hydrogen-bond donors (Lipinski definition) is 3. The molecule has 1 atom stereocenters. The van der Waals surface area contributed by atoms with Crippen LogP contribution >= 0.6 is 0 Å². The van der Waals surface area contributed by atoms with Gasteiger partial charge in [0.25, 0.3) is 0 Å². The number of methoxy groups -OCH3 is 1. The number of aliphatic hydroxyl groups is 1. The van der Waals surface area contributed by atoms with Crippen molar-refractivity contribution in [2.45, 2.75) is 32.8 Å². The summed E-state index contributed by atoms with van der Waals surface area (Å²) in [6.45, 7) is 2.34. The summed E-state index contributed by atoms with van der Waals surface area (Å²) in [4.78, 5) is 4.66. The number of aliphatic imine (C=N–C) groups is 1. The van der Waals surface area contributed by atoms with Crippen LogP contribution in [0, 0.1) is 5.41 Å². The molecule has 3 N–H and O–H groups in total. The van der Waals surface area contributed by atoms with Crippen LogP contribution in [0.3, 0.4) is 0 Å². The number of aliphatic hydroxyl groups excluding tert-OH is 1. The quantitative estimate of drug-likeness (QED) is 0.380. The highest BCUT2D eigenvalue weighted by Gasteiger charge is 2.34. The van der Waals surface area contributed by atoms with Gasteiger partial charge >= 0.3 is 6.61 Å². The summed E-state index contributed by atoms with van der Waals surface area (Å²) in [7, 11) is 1.41. The topological polar surface area (TPSA) is 84.3 Å². The van der Waals surface area contributed by atoms with E-state index < -0.39 is 6.61 Å². The Morgan fingerprint density at radius 1 is 1.34 bits per heavy atom. The van der Waals surface area contributed by atoms with Crippen molar-refractivity contribution in [3.63, 3.8) is 0 Å². The monoisotopic (exact) mass is 415 g/mol. The highest BCUT2D eigenvalue weighted by molar-refractivity contribution is 5.79. The summed E-state index contributed by atoms with van der Waals surface area (Å²) in [6.07, 6.45) is 2.14. The number of nitrogens with zero attached hydrogens (tertiary/aromatic N) is 1. The summed E-state index contributed by atoms with van der Waals surface area (Å²) in [5, 5.41) is 15.8. The second-order valence-electron chi connectivity index (χ2n) is 7.01. The number of halogens is 2. The van der Waals surface area contributed by atoms with Crippen LogP contribution in [0.2, 0.25) is 0 Å². The van der Waals surface area contributed by atoms with Gasteiger partial charge in [-0.1, -0.05) is 6.07 Å². The third kappa shape index (κ3) is 7.32. The predicted octanol–water partition coefficient (Wildman–Crippen LogP) is 2.18. The molecule has 1 saturated heterocycles. The van der Waals surface area contributed by atoms with Crippen molar-refractivity contribution >= 4 is 5.96 Å². The molecule has 1 aliphatic heterocycles. The SMILES string of the molecule is CCNC(=NCC1(CCO)CCOC1)NCCc1ccc(OC)c(OC(F)F)c1. The average molecular weight is 415 g/mol. The molecule has 9 heteroatoms. The van der Waals surface area contributed by atoms with Crippen LogP contribution in [0.4, 0.5) is 8.78 Å². The van der Waals surface area contributed by atoms with Crippen molar-refractivity contribution in [3.05, 3.63) is 23.8 Å². The second kappa shape index (κ2) is 11.8. The van der Waals surface area contributed by atoms with Crippen LogP contribution in [0.5, 0.6) is 11.5 Å². The van der Waals surface area contributed by atoms with Crippen LogP contribution in [0.25, 0.3) is 0 Å². The van der Waals surface area contributed by atoms with E-state index in [4.69, 9.17) is 9.47 Å². The zero-order valence-electron chi connectivity index (χ0n) is 17.0. The van der Waals surface area contributed by atoms with Crippen LogP contribution in [0.1, 0.15) is 25.3 Å². The highest BCUT2D eigenvalue weighted by atomic mass is 19.3. The summed E-state index contributed by atoms with van der Waals surface area (Å²) in [6, 6.07) is 4.99. The van der Waals surface area contributed by atoms with Crippen LogP contribution in [0.15, 0.2) is 23.2 Å². The number of ether oxygens (including phenoxy) is 3. The van der Waals surface area contributed by atoms with Crippen molar-refractivity contribution in [3.8, 4) is 11.5 Å². The van der Waals surface area contributed by atoms with Gasteiger partial charge in [0, 0.05) is 31.7 Å². The molecule has 1 unspecified atom stereocenters. The number of guanidine groups is 1. The number of rotatable bonds is 11. The van der Waals surface area contributed by atoms with E-state index in [1.165, 1.54) is 7.11 Å². The van der Waals surface area contributed by atoms with Crippen LogP contribution < -0.4 is 20.1 Å². The Bertz CT molecular complexity index is 653. The molecule has 0 radical (unpaired) electrons. The lowest BCUT2D eigenvalue weighted by Gasteiger charge is -2.24. The van der Waals surface area contributed by atoms with Crippen LogP contribution in [-0.4, -0.2) is 64.2 Å². The fourth-order valence-electron chi connectivity index (χ4n) is 3.27. The Morgan fingerprint density at radius 3 is 2.79 bits per heavy atom. The highest BCUT2D eigenvalue weighted by Crippen LogP contribution is 2.32. The number of hydrogen-bond acceptors (Lipinski definition) is 5. The maximum atomic E-state index is 12.6. The van der Waals surface area contributed by atoms with E-state index in [1.807, 2.05) is 13.0 Å². The Labute approximate surface area is 170 Å². The molecule has 1 aromatic carbocycles. The first kappa shape index (κ1) is 23.2. The van der Waals surface area contributed by atoms with Gasteiger partial charge in [-0.15, -0.1) is 0 Å². The largest absolute Gasteiger partial charge is 0.493 e. The molecule has 1 aliphatic rings. The molecule has 1 heterocycles. The minimum Gasteiger partial charge on any atom is -0.493 e. The molecule has 0 amide bonds. The molecule has 0 bridgehead atoms. The number of benzene rings is 1. The Kier molecular flexibility index (Phi) is 9.40. The molecule has 0 spiro atoms. The Hall–Kier alpha value is -2.13. The fraction of sp³-hybridized carbons (Fsp3) is 0.650. The van der Waals surface area contributed by atoms with Gasteiger partial charge in [0.2, 0.25) is 0 Å². The molecule has 7 nitrogen and oxygen atoms in total. The fourth-order valence-corrected chi connectivity index (χ4v) is 3.27. The van der Waals surface area contributed by atoms with Crippen molar-refractivity contribution in [1.82, 2.24) is 10.6 Å². The third-order valence-corrected chi connectivity index (χ3v) is 4.89. The third-order valence-electron chi connectivity index (χ3n) is 4.89. The molecule has 164 valence electrons. The van der Waals surface area contributed by atoms with Gasteiger partial charge in [-0.25, -0.2) is 0 Å². The molecule has 1 aromatic rings. The second-order valence-corrected chi connectivity index (χ2v) is 7.01. The minimum atomic E-state index is -2.91. The van der Waals surface area contributed by atoms with Gasteiger partial charge in [0.05, 0.1) is 20.3 Å². The van der Waals surface area contributed by atoms with Gasteiger partial charge < -0.3 is 30.0 Å². The molecule has 0 saturated carbocycles. The van der Waals surface area contributed by atoms with Gasteiger partial charge in [0.15, 0.2) is 17.5 Å². The summed E-state index contributed by atoms with van der Waals surface area (Å²) in [5.74, 6) is 0.965. The van der Waals surface area contributed by atoms with Gasteiger partial charge in [-0.2, -0.15) is 8.78 Å². The minimum absolute atomic E-state index is 0.0211. The first-order valence-electron chi connectivity index (χ1n) is 9.84. The molecule has 0 aromatic heterocycles. The van der Waals surface area contributed by atoms with E-state index in [1.54, 1.807) is 12.1 Å². The Morgan fingerprint density at radius 2 is 2.17 bits per heavy atom. The van der Waals surface area contributed by atoms with E-state index in [0.717, 1.165) is 12.0 Å². The molecule has 2 rings (SSSR count). The van der Waals surface area contributed by atoms with Crippen molar-refractivity contribution in [2.75, 3.05) is 46.6 Å². The summed E-state index contributed by atoms with van der Waals surface area (Å²) in [5.41, 5.74) is 0.722. The van der Waals surface area contributed by atoms with Crippen molar-refractivity contribution in [2.24, 2.45) is 10.4 Å². The molecular formula is C20H31F2N3O4. The smallest absolute Gasteiger partial charge is 0.387 e. The lowest BCUT2D eigenvalue weighted by atomic mass is 9.84. The zero-order chi connectivity index (χ0) is 21.1. The van der Waals surface area contributed by atoms with Gasteiger partial charge in [-0.05, 0) is 43.9 Å². The van der Waals surface area contributed by atoms with E-state index in [9.17, 15) is 13.9 Å². The Balaban J connectivity index is 1.95. The number of nitrogens with one attached hydrogen (secondary N) is 2. The van der Waals surface area contributed by atoms with Gasteiger partial charge in [0.1, 0.15) is 0 Å². The standard InChI is InChI=1S/C20H31F2N3O4/c1-3-23-19(25-13-20(7-10-26)8-11-28-14-20)24-9-6-15-4-5-16(27-2)17(12-15)29-18(21)22/h4-5,12,18,26H,3,6-11,13-14H2,1-2H3,(H2,23,24,25). The van der Waals surface area contributed by atoms with E-state index in [-0.39, 0.29) is 23.5 Å². The summed E-state index contributed by atoms with van der Waals surface area (Å²) >= 11 is 0. The van der Waals surface area contributed by atoms with Crippen molar-refractivity contribution < 1.29 is 28.1 Å². The average Bonchev–Trinajstić information content (AvgIpc) is 3.15. The van der Waals surface area contributed by atoms with Crippen molar-refractivity contribution in [1.29, 1.82) is 0 Å². The first-order valence-corrected chi connectivity index (χ1v) is 9.84. The van der Waals surface area contributed by atoms with Gasteiger partial charge in [-0.3, -0.25) is 4.99 Å². The maximum Gasteiger partial charge on any atom is 0.387 e. The zero-order valence-corrected chi connectivity index (χ0v) is 17.0. The normalized spacial score (nSPS) is 19.4. The lowest BCUT2D eigenvalue weighted by Crippen LogP contribution is -2.39. The van der Waals surface area contributed by atoms with E-state index in [2.05, 4.69) is 20.4 Å². The lowest BCUT2D eigenvalue weighted by molar-refractivity contribution is -0.0512. The predicted molar refractivity (Wildman–Crippen MR) is 107 cm³/mol. The molecule has 1 fully saturated rings. The number of alkyl halides is 2. The molecule has 29 heavy (non-hydrogen) atoms. The molecular weight excluding hydrogens is 384 g/mol. The van der Waals surface area contributed by atoms with Crippen LogP contribution in [-0.2, 0) is 11.2 Å². The molecule has 0 aliphatic carbocycles. The maximum absolute atomic E-state index is 12.6. The van der Waals surface area contributed by atoms with E-state index in [0.29, 0.717) is 51.6 Å². The first-order chi connectivity index (χ1) is 14.0. The van der Waals surface area contributed by atoms with E-state index >= 15 is 0 Å².